The van der Waals surface area contributed by atoms with Crippen LogP contribution >= 0.6 is 7.82 Å². The lowest BCUT2D eigenvalue weighted by Gasteiger charge is -2.26. The topological polar surface area (TPSA) is 105 Å². The zero-order valence-electron chi connectivity index (χ0n) is 40.3. The molecule has 3 N–H and O–H groups in total. The monoisotopic (exact) mass is 860 g/mol. The second kappa shape index (κ2) is 42.8. The van der Waals surface area contributed by atoms with E-state index in [9.17, 15) is 19.4 Å². The smallest absolute Gasteiger partial charge is 0.391 e. The molecule has 0 heterocycles. The lowest BCUT2D eigenvalue weighted by molar-refractivity contribution is -0.870. The highest BCUT2D eigenvalue weighted by Crippen LogP contribution is 2.43. The van der Waals surface area contributed by atoms with Crippen LogP contribution in [0.4, 0.5) is 0 Å². The quantitative estimate of drug-likeness (QED) is 0.0320. The Balaban J connectivity index is 4.15. The average Bonchev–Trinajstić information content (AvgIpc) is 3.19. The number of quaternary nitrogens is 1. The summed E-state index contributed by atoms with van der Waals surface area (Å²) in [6, 6.07) is -0.753. The van der Waals surface area contributed by atoms with Crippen molar-refractivity contribution in [2.24, 2.45) is 0 Å². The van der Waals surface area contributed by atoms with E-state index >= 15 is 0 Å². The van der Waals surface area contributed by atoms with E-state index in [4.69, 9.17) is 9.05 Å². The SMILES string of the molecule is CCCCCCCCCCCCCCCCCCCCCCCCCC(=O)N[C@@H](COP(=O)(O)OCC[N+](C)(C)C)[C@H](O)CCCCCCCCCCCCCCCC. The largest absolute Gasteiger partial charge is 0.472 e. The first-order valence-corrected chi connectivity index (χ1v) is 27.4. The van der Waals surface area contributed by atoms with E-state index in [1.54, 1.807) is 0 Å². The first-order valence-electron chi connectivity index (χ1n) is 25.9. The van der Waals surface area contributed by atoms with E-state index in [1.807, 2.05) is 21.1 Å². The maximum absolute atomic E-state index is 12.9. The van der Waals surface area contributed by atoms with Crippen molar-refractivity contribution in [3.63, 3.8) is 0 Å². The molecule has 8 nitrogen and oxygen atoms in total. The van der Waals surface area contributed by atoms with Gasteiger partial charge in [0.2, 0.25) is 5.91 Å². The summed E-state index contributed by atoms with van der Waals surface area (Å²) < 4.78 is 23.7. The third kappa shape index (κ3) is 45.3. The van der Waals surface area contributed by atoms with Gasteiger partial charge in [0.05, 0.1) is 39.9 Å². The van der Waals surface area contributed by atoms with Crippen LogP contribution < -0.4 is 5.32 Å². The molecule has 0 aliphatic heterocycles. The van der Waals surface area contributed by atoms with Crippen molar-refractivity contribution in [2.45, 2.75) is 276 Å². The molecule has 0 aromatic rings. The first kappa shape index (κ1) is 58.5. The Morgan fingerprint density at radius 3 is 1.14 bits per heavy atom. The molecule has 0 rings (SSSR count). The molecule has 1 unspecified atom stereocenters. The minimum Gasteiger partial charge on any atom is -0.391 e. The number of aliphatic hydroxyl groups is 1. The summed E-state index contributed by atoms with van der Waals surface area (Å²) in [7, 11) is 1.63. The van der Waals surface area contributed by atoms with Gasteiger partial charge in [0, 0.05) is 6.42 Å². The predicted molar refractivity (Wildman–Crippen MR) is 254 cm³/mol. The molecule has 0 radical (unpaired) electrons. The highest BCUT2D eigenvalue weighted by Gasteiger charge is 2.28. The first-order chi connectivity index (χ1) is 28.5. The molecule has 0 aromatic heterocycles. The molecular weight excluding hydrogens is 756 g/mol. The number of rotatable bonds is 48. The molecule has 0 aromatic carbocycles. The van der Waals surface area contributed by atoms with Crippen molar-refractivity contribution >= 4 is 13.7 Å². The number of nitrogens with zero attached hydrogens (tertiary/aromatic N) is 1. The summed E-state index contributed by atoms with van der Waals surface area (Å²) in [6.45, 7) is 4.93. The van der Waals surface area contributed by atoms with Crippen LogP contribution in [0.1, 0.15) is 264 Å². The highest BCUT2D eigenvalue weighted by molar-refractivity contribution is 7.47. The second-order valence-corrected chi connectivity index (χ2v) is 20.7. The van der Waals surface area contributed by atoms with Crippen molar-refractivity contribution in [3.05, 3.63) is 0 Å². The molecule has 9 heteroatoms. The molecule has 1 amide bonds. The van der Waals surface area contributed by atoms with Crippen molar-refractivity contribution in [1.29, 1.82) is 0 Å². The maximum atomic E-state index is 12.9. The number of hydrogen-bond acceptors (Lipinski definition) is 5. The summed E-state index contributed by atoms with van der Waals surface area (Å²) in [4.78, 5) is 23.2. The van der Waals surface area contributed by atoms with Gasteiger partial charge in [-0.15, -0.1) is 0 Å². The number of carbonyl (C=O) groups is 1. The van der Waals surface area contributed by atoms with E-state index in [0.29, 0.717) is 23.9 Å². The Morgan fingerprint density at radius 2 is 0.814 bits per heavy atom. The fourth-order valence-corrected chi connectivity index (χ4v) is 8.73. The van der Waals surface area contributed by atoms with Gasteiger partial charge in [-0.05, 0) is 12.8 Å². The van der Waals surface area contributed by atoms with Gasteiger partial charge in [0.25, 0.3) is 0 Å². The van der Waals surface area contributed by atoms with Crippen LogP contribution in [0.15, 0.2) is 0 Å². The lowest BCUT2D eigenvalue weighted by atomic mass is 10.0. The number of nitrogens with one attached hydrogen (secondary N) is 1. The number of phosphoric ester groups is 1. The third-order valence-electron chi connectivity index (χ3n) is 12.1. The number of amides is 1. The molecule has 0 saturated heterocycles. The van der Waals surface area contributed by atoms with Gasteiger partial charge in [0.1, 0.15) is 13.2 Å². The Bertz CT molecular complexity index is 932. The average molecular weight is 860 g/mol. The highest BCUT2D eigenvalue weighted by atomic mass is 31.2. The fourth-order valence-electron chi connectivity index (χ4n) is 7.99. The van der Waals surface area contributed by atoms with Crippen LogP contribution in [0.2, 0.25) is 0 Å². The van der Waals surface area contributed by atoms with Gasteiger partial charge in [-0.25, -0.2) is 4.57 Å². The second-order valence-electron chi connectivity index (χ2n) is 19.3. The number of aliphatic hydroxyl groups excluding tert-OH is 1. The van der Waals surface area contributed by atoms with Crippen LogP contribution in [0.3, 0.4) is 0 Å². The van der Waals surface area contributed by atoms with Crippen molar-refractivity contribution in [3.8, 4) is 0 Å². The number of unbranched alkanes of at least 4 members (excludes halogenated alkanes) is 35. The Hall–Kier alpha value is -0.500. The number of carbonyl (C=O) groups excluding carboxylic acids is 1. The Kier molecular flexibility index (Phi) is 42.4. The summed E-state index contributed by atoms with van der Waals surface area (Å²) in [5.74, 6) is -0.138. The molecule has 0 fully saturated rings. The fraction of sp³-hybridized carbons (Fsp3) is 0.980. The molecule has 59 heavy (non-hydrogen) atoms. The molecule has 0 spiro atoms. The van der Waals surface area contributed by atoms with Crippen LogP contribution in [0.5, 0.6) is 0 Å². The van der Waals surface area contributed by atoms with Crippen molar-refractivity contribution < 1.29 is 32.9 Å². The van der Waals surface area contributed by atoms with Gasteiger partial charge in [-0.3, -0.25) is 13.8 Å². The predicted octanol–water partition coefficient (Wildman–Crippen LogP) is 14.9. The number of phosphoric acid groups is 1. The number of likely N-dealkylation sites (N-methyl/N-ethyl adjacent to an activating group) is 1. The maximum Gasteiger partial charge on any atom is 0.472 e. The van der Waals surface area contributed by atoms with Gasteiger partial charge in [0.15, 0.2) is 0 Å². The van der Waals surface area contributed by atoms with Crippen molar-refractivity contribution in [1.82, 2.24) is 5.32 Å². The molecule has 3 atom stereocenters. The molecular formula is C50H104N2O6P+. The standard InChI is InChI=1S/C50H103N2O6P/c1-6-8-10-12-14-16-18-20-22-23-24-25-26-27-28-29-30-32-34-36-38-40-42-44-50(54)51-48(47-58-59(55,56)57-46-45-52(3,4)5)49(53)43-41-39-37-35-33-31-21-19-17-15-13-11-9-7-2/h48-49,53H,6-47H2,1-5H3,(H-,51,54,55,56)/p+1/t48-,49+/m0/s1. The van der Waals surface area contributed by atoms with E-state index < -0.39 is 20.0 Å². The Labute approximate surface area is 368 Å². The minimum atomic E-state index is -4.31. The molecule has 0 aliphatic rings. The molecule has 354 valence electrons. The zero-order valence-corrected chi connectivity index (χ0v) is 41.2. The summed E-state index contributed by atoms with van der Waals surface area (Å²) in [6.07, 6.45) is 48.5. The minimum absolute atomic E-state index is 0.0788. The third-order valence-corrected chi connectivity index (χ3v) is 13.1. The summed E-state index contributed by atoms with van der Waals surface area (Å²) in [5, 5.41) is 14.0. The van der Waals surface area contributed by atoms with Crippen LogP contribution in [-0.4, -0.2) is 73.4 Å². The van der Waals surface area contributed by atoms with Gasteiger partial charge < -0.3 is 19.8 Å². The Morgan fingerprint density at radius 1 is 0.508 bits per heavy atom. The van der Waals surface area contributed by atoms with Crippen LogP contribution in [-0.2, 0) is 18.4 Å². The van der Waals surface area contributed by atoms with E-state index in [1.165, 1.54) is 199 Å². The van der Waals surface area contributed by atoms with E-state index in [2.05, 4.69) is 19.2 Å². The zero-order chi connectivity index (χ0) is 43.6. The summed E-state index contributed by atoms with van der Waals surface area (Å²) in [5.41, 5.74) is 0. The molecule has 0 bridgehead atoms. The number of hydrogen-bond donors (Lipinski definition) is 3. The van der Waals surface area contributed by atoms with Gasteiger partial charge in [-0.2, -0.15) is 0 Å². The van der Waals surface area contributed by atoms with Gasteiger partial charge in [-0.1, -0.05) is 245 Å². The summed E-state index contributed by atoms with van der Waals surface area (Å²) >= 11 is 0. The van der Waals surface area contributed by atoms with Gasteiger partial charge >= 0.3 is 7.82 Å². The lowest BCUT2D eigenvalue weighted by Crippen LogP contribution is -2.46. The van der Waals surface area contributed by atoms with Crippen LogP contribution in [0.25, 0.3) is 0 Å². The van der Waals surface area contributed by atoms with E-state index in [0.717, 1.165) is 38.5 Å². The molecule has 0 aliphatic carbocycles. The normalized spacial score (nSPS) is 14.1. The van der Waals surface area contributed by atoms with Crippen molar-refractivity contribution in [2.75, 3.05) is 40.9 Å². The van der Waals surface area contributed by atoms with Crippen LogP contribution in [0, 0.1) is 0 Å². The molecule has 0 saturated carbocycles. The van der Waals surface area contributed by atoms with E-state index in [-0.39, 0.29) is 19.1 Å².